The number of rotatable bonds is 8. The van der Waals surface area contributed by atoms with Gasteiger partial charge in [-0.3, -0.25) is 9.59 Å². The first-order valence-electron chi connectivity index (χ1n) is 16.7. The zero-order chi connectivity index (χ0) is 47.3. The minimum Gasteiger partial charge on any atom is -0.294 e. The Morgan fingerprint density at radius 1 is 0.365 bits per heavy atom. The molecule has 63 heavy (non-hydrogen) atoms. The Balaban J connectivity index is 0.000000345. The number of pyridine rings is 1. The minimum absolute atomic E-state index is 0.0583. The molecule has 0 aliphatic carbocycles. The highest BCUT2D eigenvalue weighted by atomic mass is 19.2. The van der Waals surface area contributed by atoms with Crippen LogP contribution in [0.3, 0.4) is 0 Å². The maximum Gasteiger partial charge on any atom is 0.228 e. The number of hydrogen-bond acceptors (Lipinski definition) is 2. The number of halogens is 20. The third-order valence-corrected chi connectivity index (χ3v) is 9.42. The fraction of sp³-hybridized carbons (Fsp3) is 0.0513. The molecule has 330 valence electrons. The van der Waals surface area contributed by atoms with Crippen molar-refractivity contribution in [1.82, 2.24) is 0 Å². The molecule has 0 saturated carbocycles. The molecule has 6 rings (SSSR count). The molecule has 0 aliphatic heterocycles. The summed E-state index contributed by atoms with van der Waals surface area (Å²) in [5, 5.41) is 0. The molecule has 0 fully saturated rings. The lowest BCUT2D eigenvalue weighted by atomic mass is 9.12. The second-order valence-electron chi connectivity index (χ2n) is 12.9. The largest absolute Gasteiger partial charge is 0.294 e. The summed E-state index contributed by atoms with van der Waals surface area (Å²) in [6, 6.07) is 12.5. The molecule has 0 N–H and O–H groups in total. The molecule has 0 aliphatic rings. The van der Waals surface area contributed by atoms with Gasteiger partial charge in [0.2, 0.25) is 12.3 Å². The van der Waals surface area contributed by atoms with Crippen molar-refractivity contribution < 1.29 is 102 Å². The number of nitrogens with zero attached hydrogens (tertiary/aromatic N) is 1. The average molecular weight is 919 g/mol. The molecule has 1 aromatic heterocycles. The molecule has 0 radical (unpaired) electrons. The number of carbonyl (C=O) groups is 2. The van der Waals surface area contributed by atoms with E-state index >= 15 is 35.1 Å². The molecule has 3 nitrogen and oxygen atoms in total. The summed E-state index contributed by atoms with van der Waals surface area (Å²) in [6.45, 7) is 1.72. The molecule has 0 unspecified atom stereocenters. The van der Waals surface area contributed by atoms with Crippen LogP contribution in [0.2, 0.25) is 0 Å². The van der Waals surface area contributed by atoms with E-state index in [1.54, 1.807) is 28.8 Å². The van der Waals surface area contributed by atoms with Crippen LogP contribution in [0.15, 0.2) is 54.9 Å². The zero-order valence-electron chi connectivity index (χ0n) is 30.3. The Kier molecular flexibility index (Phi) is 13.2. The van der Waals surface area contributed by atoms with Gasteiger partial charge in [0.05, 0.1) is 0 Å². The van der Waals surface area contributed by atoms with Crippen LogP contribution in [0.1, 0.15) is 27.6 Å². The van der Waals surface area contributed by atoms with Crippen LogP contribution >= 0.6 is 0 Å². The van der Waals surface area contributed by atoms with Crippen LogP contribution in [0.25, 0.3) is 0 Å². The van der Waals surface area contributed by atoms with Gasteiger partial charge in [0.1, 0.15) is 52.7 Å². The van der Waals surface area contributed by atoms with Crippen molar-refractivity contribution >= 4 is 39.6 Å². The van der Waals surface area contributed by atoms with Gasteiger partial charge in [0.15, 0.2) is 88.0 Å². The van der Waals surface area contributed by atoms with Gasteiger partial charge in [0, 0.05) is 23.3 Å². The van der Waals surface area contributed by atoms with Crippen molar-refractivity contribution in [2.75, 3.05) is 0 Å². The second kappa shape index (κ2) is 17.6. The maximum absolute atomic E-state index is 15.4. The number of aromatic nitrogens is 1. The minimum atomic E-state index is -7.22. The molecule has 0 amide bonds. The fourth-order valence-electron chi connectivity index (χ4n) is 6.70. The van der Waals surface area contributed by atoms with E-state index in [4.69, 9.17) is 0 Å². The van der Waals surface area contributed by atoms with Gasteiger partial charge in [0.25, 0.3) is 0 Å². The molecule has 0 saturated heterocycles. The lowest BCUT2D eigenvalue weighted by Crippen LogP contribution is -2.81. The summed E-state index contributed by atoms with van der Waals surface area (Å²) in [4.78, 5) is 23.6. The number of ketones is 2. The first-order valence-corrected chi connectivity index (χ1v) is 16.7. The lowest BCUT2D eigenvalue weighted by molar-refractivity contribution is -0.683. The average Bonchev–Trinajstić information content (AvgIpc) is 3.26. The normalized spacial score (nSPS) is 11.4. The summed E-state index contributed by atoms with van der Waals surface area (Å²) in [5.74, 6) is -71.5. The van der Waals surface area contributed by atoms with Crippen molar-refractivity contribution in [3.8, 4) is 0 Å². The highest BCUT2D eigenvalue weighted by molar-refractivity contribution is 7.20. The van der Waals surface area contributed by atoms with Crippen LogP contribution in [-0.2, 0) is 6.54 Å². The number of carbonyl (C=O) groups excluding carboxylic acids is 2. The highest BCUT2D eigenvalue weighted by Gasteiger charge is 2.52. The van der Waals surface area contributed by atoms with E-state index in [-0.39, 0.29) is 18.1 Å². The SMILES string of the molecule is CC(=O)c1ccccc1C(=O)C[n+]1ccccc1.Fc1c(F)c(F)c([B-](c2c(F)c(F)c(F)c(F)c2F)(c2c(F)c(F)c(F)c(F)c2F)c2c(F)c(F)c(F)c(F)c2F)c(F)c1F. The molecule has 6 aromatic rings. The summed E-state index contributed by atoms with van der Waals surface area (Å²) in [5.41, 5.74) is -13.4. The standard InChI is InChI=1S/C24BF20.C15H14NO2/c26-5-1(6(27)14(35)21(42)13(5)34)25(2-7(28)15(36)22(43)16(37)8(2)29,3-9(30)17(38)23(44)18(39)10(3)31)4-11(32)19(40)24(45)20(41)12(4)33;1-12(17)13-7-3-4-8-14(13)15(18)11-16-9-5-2-6-10-16/h;2-10H,11H2,1H3/q-1;+1. The molecule has 0 atom stereocenters. The molecular weight excluding hydrogens is 905 g/mol. The molecule has 0 spiro atoms. The van der Waals surface area contributed by atoms with Gasteiger partial charge in [-0.1, -0.05) is 30.3 Å². The van der Waals surface area contributed by atoms with Crippen LogP contribution in [0.4, 0.5) is 87.8 Å². The Morgan fingerprint density at radius 2 is 0.603 bits per heavy atom. The predicted octanol–water partition coefficient (Wildman–Crippen LogP) is 7.91. The first-order chi connectivity index (χ1) is 29.4. The first kappa shape index (κ1) is 47.3. The molecule has 24 heteroatoms. The molecule has 0 bridgehead atoms. The summed E-state index contributed by atoms with van der Waals surface area (Å²) >= 11 is 0. The smallest absolute Gasteiger partial charge is 0.228 e. The monoisotopic (exact) mass is 919 g/mol. The van der Waals surface area contributed by atoms with Crippen molar-refractivity contribution in [2.24, 2.45) is 0 Å². The Hall–Kier alpha value is -6.75. The molecule has 5 aromatic carbocycles. The zero-order valence-corrected chi connectivity index (χ0v) is 30.3. The highest BCUT2D eigenvalue weighted by Crippen LogP contribution is 2.30. The quantitative estimate of drug-likeness (QED) is 0.0389. The van der Waals surface area contributed by atoms with Crippen LogP contribution in [0, 0.1) is 116 Å². The predicted molar refractivity (Wildman–Crippen MR) is 177 cm³/mol. The number of hydrogen-bond donors (Lipinski definition) is 0. The number of benzene rings is 5. The van der Waals surface area contributed by atoms with Crippen molar-refractivity contribution in [3.63, 3.8) is 0 Å². The second-order valence-corrected chi connectivity index (χ2v) is 12.9. The van der Waals surface area contributed by atoms with Gasteiger partial charge in [-0.15, -0.1) is 21.9 Å². The van der Waals surface area contributed by atoms with E-state index < -0.39 is 144 Å². The number of Topliss-reactive ketones (excluding diaryl/α,β-unsaturated/α-hetero) is 2. The fourth-order valence-corrected chi connectivity index (χ4v) is 6.70. The lowest BCUT2D eigenvalue weighted by Gasteiger charge is -2.44. The van der Waals surface area contributed by atoms with E-state index in [9.17, 15) is 62.3 Å². The van der Waals surface area contributed by atoms with E-state index in [0.29, 0.717) is 11.1 Å². The Bertz CT molecular complexity index is 2490. The summed E-state index contributed by atoms with van der Waals surface area (Å²) < 4.78 is 296. The van der Waals surface area contributed by atoms with Crippen LogP contribution in [-0.4, -0.2) is 17.7 Å². The van der Waals surface area contributed by atoms with Gasteiger partial charge < -0.3 is 0 Å². The van der Waals surface area contributed by atoms with Crippen molar-refractivity contribution in [3.05, 3.63) is 182 Å². The van der Waals surface area contributed by atoms with Gasteiger partial charge in [-0.25, -0.2) is 87.8 Å². The van der Waals surface area contributed by atoms with Crippen LogP contribution < -0.4 is 26.4 Å². The van der Waals surface area contributed by atoms with Gasteiger partial charge in [-0.05, 0) is 6.92 Å². The third kappa shape index (κ3) is 7.53. The maximum atomic E-state index is 15.4. The van der Waals surface area contributed by atoms with E-state index in [1.807, 2.05) is 30.6 Å². The van der Waals surface area contributed by atoms with Crippen molar-refractivity contribution in [2.45, 2.75) is 13.5 Å². The Labute approximate surface area is 337 Å². The molecule has 1 heterocycles. The van der Waals surface area contributed by atoms with Gasteiger partial charge in [-0.2, -0.15) is 4.57 Å². The van der Waals surface area contributed by atoms with E-state index in [1.165, 1.54) is 6.92 Å². The van der Waals surface area contributed by atoms with E-state index in [0.717, 1.165) is 0 Å². The molecular formula is C39H14BF20NO2. The summed E-state index contributed by atoms with van der Waals surface area (Å²) in [6.07, 6.45) is -3.56. The van der Waals surface area contributed by atoms with Gasteiger partial charge >= 0.3 is 0 Å². The summed E-state index contributed by atoms with van der Waals surface area (Å²) in [7, 11) is 0. The topological polar surface area (TPSA) is 38.0 Å². The van der Waals surface area contributed by atoms with E-state index in [2.05, 4.69) is 0 Å². The third-order valence-electron chi connectivity index (χ3n) is 9.42. The van der Waals surface area contributed by atoms with Crippen molar-refractivity contribution in [1.29, 1.82) is 0 Å². The van der Waals surface area contributed by atoms with Crippen LogP contribution in [0.5, 0.6) is 0 Å². The Morgan fingerprint density at radius 3 is 0.857 bits per heavy atom.